The summed E-state index contributed by atoms with van der Waals surface area (Å²) in [5.41, 5.74) is 5.25. The van der Waals surface area contributed by atoms with Gasteiger partial charge in [-0.25, -0.2) is 9.97 Å². The maximum atomic E-state index is 12.7. The third-order valence-electron chi connectivity index (χ3n) is 4.74. The number of carbonyl (C=O) groups is 1. The summed E-state index contributed by atoms with van der Waals surface area (Å²) in [7, 11) is 0. The van der Waals surface area contributed by atoms with Gasteiger partial charge in [0.25, 0.3) is 5.91 Å². The van der Waals surface area contributed by atoms with Crippen LogP contribution in [-0.2, 0) is 0 Å². The van der Waals surface area contributed by atoms with Gasteiger partial charge in [-0.1, -0.05) is 45.8 Å². The normalized spacial score (nSPS) is 10.5. The number of halogens is 1. The second kappa shape index (κ2) is 9.10. The number of nitrogens with zero attached hydrogens (tertiary/aromatic N) is 2. The lowest BCUT2D eigenvalue weighted by Gasteiger charge is -2.10. The summed E-state index contributed by atoms with van der Waals surface area (Å²) in [6.45, 7) is 4.02. The number of aryl methyl sites for hydroxylation is 2. The molecule has 4 rings (SSSR count). The van der Waals surface area contributed by atoms with Gasteiger partial charge in [0.2, 0.25) is 0 Å². The molecule has 5 nitrogen and oxygen atoms in total. The van der Waals surface area contributed by atoms with Crippen molar-refractivity contribution in [2.45, 2.75) is 13.8 Å². The highest BCUT2D eigenvalue weighted by atomic mass is 79.9. The quantitative estimate of drug-likeness (QED) is 0.346. The van der Waals surface area contributed by atoms with Crippen molar-refractivity contribution in [2.24, 2.45) is 0 Å². The molecule has 154 valence electrons. The second-order valence-corrected chi connectivity index (χ2v) is 8.11. The number of carbonyl (C=O) groups excluding carboxylic acids is 1. The van der Waals surface area contributed by atoms with E-state index < -0.39 is 0 Å². The Morgan fingerprint density at radius 1 is 0.903 bits per heavy atom. The first-order chi connectivity index (χ1) is 15.0. The topological polar surface area (TPSA) is 66.9 Å². The van der Waals surface area contributed by atoms with Crippen LogP contribution < -0.4 is 10.6 Å². The highest BCUT2D eigenvalue weighted by Gasteiger charge is 2.09. The predicted molar refractivity (Wildman–Crippen MR) is 129 cm³/mol. The maximum Gasteiger partial charge on any atom is 0.255 e. The Labute approximate surface area is 189 Å². The number of rotatable bonds is 5. The zero-order valence-electron chi connectivity index (χ0n) is 17.2. The number of anilines is 3. The summed E-state index contributed by atoms with van der Waals surface area (Å²) < 4.78 is 1.01. The van der Waals surface area contributed by atoms with E-state index in [1.54, 1.807) is 24.4 Å². The van der Waals surface area contributed by atoms with Crippen LogP contribution in [0.3, 0.4) is 0 Å². The summed E-state index contributed by atoms with van der Waals surface area (Å²) in [6.07, 6.45) is 1.72. The average molecular weight is 473 g/mol. The molecule has 0 radical (unpaired) electrons. The van der Waals surface area contributed by atoms with Crippen molar-refractivity contribution in [3.05, 3.63) is 100 Å². The van der Waals surface area contributed by atoms with Crippen molar-refractivity contribution >= 4 is 39.0 Å². The van der Waals surface area contributed by atoms with E-state index in [1.165, 1.54) is 0 Å². The summed E-state index contributed by atoms with van der Waals surface area (Å²) in [5.74, 6) is 1.13. The Hall–Kier alpha value is -3.51. The Balaban J connectivity index is 1.51. The molecule has 0 aliphatic carbocycles. The van der Waals surface area contributed by atoms with Crippen LogP contribution in [0.25, 0.3) is 11.4 Å². The Morgan fingerprint density at radius 3 is 2.55 bits per heavy atom. The number of amides is 1. The highest BCUT2D eigenvalue weighted by Crippen LogP contribution is 2.23. The van der Waals surface area contributed by atoms with E-state index in [0.29, 0.717) is 17.2 Å². The maximum absolute atomic E-state index is 12.7. The molecule has 0 spiro atoms. The van der Waals surface area contributed by atoms with Crippen LogP contribution >= 0.6 is 15.9 Å². The zero-order chi connectivity index (χ0) is 21.8. The fourth-order valence-electron chi connectivity index (χ4n) is 3.16. The zero-order valence-corrected chi connectivity index (χ0v) is 18.8. The van der Waals surface area contributed by atoms with Crippen LogP contribution in [0.4, 0.5) is 17.2 Å². The molecule has 0 saturated carbocycles. The van der Waals surface area contributed by atoms with Crippen LogP contribution in [0.1, 0.15) is 21.5 Å². The van der Waals surface area contributed by atoms with E-state index >= 15 is 0 Å². The molecule has 0 bridgehead atoms. The van der Waals surface area contributed by atoms with Gasteiger partial charge in [-0.15, -0.1) is 0 Å². The molecule has 0 aliphatic heterocycles. The largest absolute Gasteiger partial charge is 0.340 e. The van der Waals surface area contributed by atoms with Crippen molar-refractivity contribution in [1.29, 1.82) is 0 Å². The molecule has 6 heteroatoms. The van der Waals surface area contributed by atoms with Crippen molar-refractivity contribution in [2.75, 3.05) is 10.6 Å². The summed E-state index contributed by atoms with van der Waals surface area (Å²) in [4.78, 5) is 21.7. The van der Waals surface area contributed by atoms with Gasteiger partial charge in [-0.3, -0.25) is 4.79 Å². The van der Waals surface area contributed by atoms with Crippen molar-refractivity contribution in [3.63, 3.8) is 0 Å². The highest BCUT2D eigenvalue weighted by molar-refractivity contribution is 9.10. The fourth-order valence-corrected chi connectivity index (χ4v) is 3.41. The minimum Gasteiger partial charge on any atom is -0.340 e. The average Bonchev–Trinajstić information content (AvgIpc) is 2.77. The smallest absolute Gasteiger partial charge is 0.255 e. The lowest BCUT2D eigenvalue weighted by Crippen LogP contribution is -2.12. The molecule has 0 fully saturated rings. The summed E-state index contributed by atoms with van der Waals surface area (Å²) in [6, 6.07) is 22.9. The lowest BCUT2D eigenvalue weighted by atomic mass is 10.1. The molecule has 0 saturated heterocycles. The van der Waals surface area contributed by atoms with Gasteiger partial charge in [0.05, 0.1) is 0 Å². The number of benzene rings is 3. The Kier molecular flexibility index (Phi) is 6.09. The lowest BCUT2D eigenvalue weighted by molar-refractivity contribution is 0.102. The van der Waals surface area contributed by atoms with Gasteiger partial charge in [-0.05, 0) is 67.9 Å². The van der Waals surface area contributed by atoms with E-state index in [-0.39, 0.29) is 5.91 Å². The third kappa shape index (κ3) is 5.16. The molecule has 31 heavy (non-hydrogen) atoms. The molecule has 2 N–H and O–H groups in total. The number of nitrogens with one attached hydrogen (secondary N) is 2. The minimum absolute atomic E-state index is 0.173. The monoisotopic (exact) mass is 472 g/mol. The molecule has 4 aromatic rings. The Bertz CT molecular complexity index is 1260. The van der Waals surface area contributed by atoms with Gasteiger partial charge < -0.3 is 10.6 Å². The van der Waals surface area contributed by atoms with Crippen LogP contribution in [0, 0.1) is 13.8 Å². The van der Waals surface area contributed by atoms with E-state index in [4.69, 9.17) is 0 Å². The molecule has 1 heterocycles. The van der Waals surface area contributed by atoms with Gasteiger partial charge in [-0.2, -0.15) is 0 Å². The molecule has 3 aromatic carbocycles. The van der Waals surface area contributed by atoms with Crippen LogP contribution in [0.15, 0.2) is 83.5 Å². The molecule has 1 amide bonds. The first kappa shape index (κ1) is 20.8. The summed E-state index contributed by atoms with van der Waals surface area (Å²) in [5, 5.41) is 6.21. The summed E-state index contributed by atoms with van der Waals surface area (Å²) >= 11 is 3.47. The van der Waals surface area contributed by atoms with E-state index in [0.717, 1.165) is 32.5 Å². The van der Waals surface area contributed by atoms with Crippen molar-refractivity contribution in [1.82, 2.24) is 9.97 Å². The number of hydrogen-bond acceptors (Lipinski definition) is 4. The first-order valence-electron chi connectivity index (χ1n) is 9.82. The fraction of sp³-hybridized carbons (Fsp3) is 0.0800. The first-order valence-corrected chi connectivity index (χ1v) is 10.6. The molecule has 0 unspecified atom stereocenters. The predicted octanol–water partition coefficient (Wildman–Crippen LogP) is 6.52. The van der Waals surface area contributed by atoms with E-state index in [1.807, 2.05) is 68.4 Å². The molecule has 0 aliphatic rings. The van der Waals surface area contributed by atoms with E-state index in [2.05, 4.69) is 36.5 Å². The van der Waals surface area contributed by atoms with Gasteiger partial charge >= 0.3 is 0 Å². The van der Waals surface area contributed by atoms with Crippen LogP contribution in [0.5, 0.6) is 0 Å². The second-order valence-electron chi connectivity index (χ2n) is 7.26. The van der Waals surface area contributed by atoms with Gasteiger partial charge in [0.15, 0.2) is 5.82 Å². The SMILES string of the molecule is Cc1cccc(-c2nccc(Nc3cccc(C(=O)Nc4ccc(Br)c(C)c4)c3)n2)c1. The standard InChI is InChI=1S/C25H21BrN4O/c1-16-5-3-6-18(13-16)24-27-12-11-23(30-24)28-20-8-4-7-19(15-20)25(31)29-21-9-10-22(26)17(2)14-21/h3-15H,1-2H3,(H,29,31)(H,27,28,30). The van der Waals surface area contributed by atoms with E-state index in [9.17, 15) is 4.79 Å². The number of hydrogen-bond donors (Lipinski definition) is 2. The third-order valence-corrected chi connectivity index (χ3v) is 5.63. The molecular formula is C25H21BrN4O. The molecule has 0 atom stereocenters. The van der Waals surface area contributed by atoms with Gasteiger partial charge in [0, 0.05) is 33.2 Å². The van der Waals surface area contributed by atoms with Crippen LogP contribution in [-0.4, -0.2) is 15.9 Å². The van der Waals surface area contributed by atoms with Crippen molar-refractivity contribution in [3.8, 4) is 11.4 Å². The van der Waals surface area contributed by atoms with Gasteiger partial charge in [0.1, 0.15) is 5.82 Å². The molecular weight excluding hydrogens is 452 g/mol. The van der Waals surface area contributed by atoms with Crippen molar-refractivity contribution < 1.29 is 4.79 Å². The number of aromatic nitrogens is 2. The Morgan fingerprint density at radius 2 is 1.74 bits per heavy atom. The van der Waals surface area contributed by atoms with Crippen LogP contribution in [0.2, 0.25) is 0 Å². The molecule has 1 aromatic heterocycles. The minimum atomic E-state index is -0.173.